The Kier molecular flexibility index (Phi) is 5.93. The third-order valence-corrected chi connectivity index (χ3v) is 6.07. The van der Waals surface area contributed by atoms with Crippen molar-refractivity contribution in [1.82, 2.24) is 10.2 Å². The van der Waals surface area contributed by atoms with Crippen LogP contribution in [0.1, 0.15) is 36.8 Å². The molecule has 7 heteroatoms. The number of carbonyl (C=O) groups excluding carboxylic acids is 2. The first kappa shape index (κ1) is 20.9. The molecule has 2 N–H and O–H groups in total. The fourth-order valence-corrected chi connectivity index (χ4v) is 4.47. The lowest BCUT2D eigenvalue weighted by molar-refractivity contribution is -0.146. The number of amides is 2. The molecule has 0 spiro atoms. The van der Waals surface area contributed by atoms with Gasteiger partial charge in [0, 0.05) is 24.9 Å². The molecule has 162 valence electrons. The van der Waals surface area contributed by atoms with E-state index in [1.54, 1.807) is 4.90 Å². The van der Waals surface area contributed by atoms with Crippen molar-refractivity contribution in [2.45, 2.75) is 31.7 Å². The molecule has 0 saturated carbocycles. The number of benzene rings is 2. The van der Waals surface area contributed by atoms with Crippen molar-refractivity contribution < 1.29 is 24.2 Å². The highest BCUT2D eigenvalue weighted by atomic mass is 16.5. The second-order valence-corrected chi connectivity index (χ2v) is 8.14. The lowest BCUT2D eigenvalue weighted by Gasteiger charge is -2.40. The molecule has 0 aromatic heterocycles. The van der Waals surface area contributed by atoms with Crippen LogP contribution in [0.5, 0.6) is 0 Å². The molecule has 1 fully saturated rings. The van der Waals surface area contributed by atoms with Crippen LogP contribution in [-0.4, -0.2) is 53.7 Å². The lowest BCUT2D eigenvalue weighted by Crippen LogP contribution is -2.57. The van der Waals surface area contributed by atoms with E-state index in [9.17, 15) is 14.4 Å². The van der Waals surface area contributed by atoms with Crippen LogP contribution in [0.2, 0.25) is 0 Å². The van der Waals surface area contributed by atoms with Crippen LogP contribution in [0.25, 0.3) is 11.1 Å². The number of rotatable bonds is 7. The molecule has 1 saturated heterocycles. The number of nitrogens with one attached hydrogen (secondary N) is 1. The zero-order valence-corrected chi connectivity index (χ0v) is 17.4. The molecule has 2 aliphatic rings. The van der Waals surface area contributed by atoms with Crippen molar-refractivity contribution in [2.24, 2.45) is 5.92 Å². The van der Waals surface area contributed by atoms with Crippen LogP contribution in [0.4, 0.5) is 4.79 Å². The van der Waals surface area contributed by atoms with E-state index in [0.29, 0.717) is 19.5 Å². The zero-order valence-electron chi connectivity index (χ0n) is 17.4. The van der Waals surface area contributed by atoms with Gasteiger partial charge in [-0.25, -0.2) is 4.79 Å². The highest BCUT2D eigenvalue weighted by Crippen LogP contribution is 2.44. The molecule has 1 heterocycles. The number of likely N-dealkylation sites (tertiary alicyclic amines) is 1. The normalized spacial score (nSPS) is 16.1. The highest BCUT2D eigenvalue weighted by molar-refractivity contribution is 5.86. The molecule has 4 rings (SSSR count). The van der Waals surface area contributed by atoms with Crippen molar-refractivity contribution in [2.75, 3.05) is 19.7 Å². The average Bonchev–Trinajstić information content (AvgIpc) is 3.06. The number of carbonyl (C=O) groups is 3. The Hall–Kier alpha value is -3.35. The van der Waals surface area contributed by atoms with Crippen molar-refractivity contribution in [3.05, 3.63) is 59.7 Å². The number of hydrogen-bond acceptors (Lipinski definition) is 4. The van der Waals surface area contributed by atoms with Gasteiger partial charge >= 0.3 is 12.1 Å². The Balaban J connectivity index is 1.34. The molecule has 0 bridgehead atoms. The summed E-state index contributed by atoms with van der Waals surface area (Å²) in [7, 11) is 0. The Morgan fingerprint density at radius 3 is 2.19 bits per heavy atom. The molecule has 2 amide bonds. The molecule has 1 aliphatic carbocycles. The number of carboxylic acids is 1. The maximum absolute atomic E-state index is 12.6. The minimum absolute atomic E-state index is 0.0200. The Bertz CT molecular complexity index is 953. The molecule has 0 radical (unpaired) electrons. The van der Waals surface area contributed by atoms with Crippen LogP contribution in [0.15, 0.2) is 48.5 Å². The topological polar surface area (TPSA) is 95.9 Å². The van der Waals surface area contributed by atoms with Gasteiger partial charge in [0.15, 0.2) is 0 Å². The molecular weight excluding hydrogens is 396 g/mol. The molecule has 31 heavy (non-hydrogen) atoms. The SMILES string of the molecule is CC[C@H](NC(=O)OCC1c2ccccc2-c2ccccc21)C(=O)N1CC(CC(=O)O)C1. The molecule has 1 atom stereocenters. The van der Waals surface area contributed by atoms with Gasteiger partial charge in [0.05, 0.1) is 6.42 Å². The van der Waals surface area contributed by atoms with Gasteiger partial charge in [0.2, 0.25) is 5.91 Å². The van der Waals surface area contributed by atoms with E-state index in [2.05, 4.69) is 29.6 Å². The summed E-state index contributed by atoms with van der Waals surface area (Å²) in [6.45, 7) is 2.83. The van der Waals surface area contributed by atoms with E-state index in [-0.39, 0.29) is 30.8 Å². The monoisotopic (exact) mass is 422 g/mol. The van der Waals surface area contributed by atoms with Crippen LogP contribution < -0.4 is 5.32 Å². The smallest absolute Gasteiger partial charge is 0.407 e. The molecular formula is C24H26N2O5. The number of alkyl carbamates (subject to hydrolysis) is 1. The maximum Gasteiger partial charge on any atom is 0.407 e. The van der Waals surface area contributed by atoms with Crippen LogP contribution in [-0.2, 0) is 14.3 Å². The highest BCUT2D eigenvalue weighted by Gasteiger charge is 2.36. The average molecular weight is 422 g/mol. The van der Waals surface area contributed by atoms with E-state index in [4.69, 9.17) is 9.84 Å². The summed E-state index contributed by atoms with van der Waals surface area (Å²) in [6.07, 6.45) is -0.131. The third kappa shape index (κ3) is 4.26. The van der Waals surface area contributed by atoms with Gasteiger partial charge in [0.1, 0.15) is 12.6 Å². The second-order valence-electron chi connectivity index (χ2n) is 8.14. The van der Waals surface area contributed by atoms with Crippen LogP contribution >= 0.6 is 0 Å². The van der Waals surface area contributed by atoms with E-state index >= 15 is 0 Å². The summed E-state index contributed by atoms with van der Waals surface area (Å²) < 4.78 is 5.53. The number of carboxylic acid groups (broad SMARTS) is 1. The second kappa shape index (κ2) is 8.79. The van der Waals surface area contributed by atoms with Gasteiger partial charge in [0.25, 0.3) is 0 Å². The Morgan fingerprint density at radius 1 is 1.06 bits per heavy atom. The predicted molar refractivity (Wildman–Crippen MR) is 115 cm³/mol. The number of ether oxygens (including phenoxy) is 1. The van der Waals surface area contributed by atoms with Gasteiger partial charge in [-0.1, -0.05) is 55.5 Å². The summed E-state index contributed by atoms with van der Waals surface area (Å²) >= 11 is 0. The van der Waals surface area contributed by atoms with E-state index in [0.717, 1.165) is 22.3 Å². The summed E-state index contributed by atoms with van der Waals surface area (Å²) in [4.78, 5) is 37.4. The van der Waals surface area contributed by atoms with Gasteiger partial charge < -0.3 is 20.1 Å². The summed E-state index contributed by atoms with van der Waals surface area (Å²) in [5.41, 5.74) is 4.57. The van der Waals surface area contributed by atoms with E-state index < -0.39 is 18.1 Å². The third-order valence-electron chi connectivity index (χ3n) is 6.07. The van der Waals surface area contributed by atoms with E-state index in [1.807, 2.05) is 31.2 Å². The number of aliphatic carboxylic acids is 1. The zero-order chi connectivity index (χ0) is 22.0. The maximum atomic E-state index is 12.6. The van der Waals surface area contributed by atoms with Crippen molar-refractivity contribution >= 4 is 18.0 Å². The van der Waals surface area contributed by atoms with Gasteiger partial charge in [-0.3, -0.25) is 9.59 Å². The standard InChI is InChI=1S/C24H26N2O5/c1-2-21(23(29)26-12-15(13-26)11-22(27)28)25-24(30)31-14-20-18-9-5-3-7-16(18)17-8-4-6-10-19(17)20/h3-10,15,20-21H,2,11-14H2,1H3,(H,25,30)(H,27,28)/t21-/m0/s1. The first-order valence-corrected chi connectivity index (χ1v) is 10.6. The van der Waals surface area contributed by atoms with Crippen molar-refractivity contribution in [1.29, 1.82) is 0 Å². The van der Waals surface area contributed by atoms with Gasteiger partial charge in [-0.2, -0.15) is 0 Å². The summed E-state index contributed by atoms with van der Waals surface area (Å²) in [5, 5.41) is 11.5. The Labute approximate surface area is 181 Å². The number of fused-ring (bicyclic) bond motifs is 3. The van der Waals surface area contributed by atoms with Crippen molar-refractivity contribution in [3.63, 3.8) is 0 Å². The first-order valence-electron chi connectivity index (χ1n) is 10.6. The minimum atomic E-state index is -0.860. The fourth-order valence-electron chi connectivity index (χ4n) is 4.47. The molecule has 0 unspecified atom stereocenters. The Morgan fingerprint density at radius 2 is 1.65 bits per heavy atom. The lowest BCUT2D eigenvalue weighted by atomic mass is 9.95. The molecule has 1 aliphatic heterocycles. The predicted octanol–water partition coefficient (Wildman–Crippen LogP) is 3.24. The summed E-state index contributed by atoms with van der Waals surface area (Å²) in [5.74, 6) is -1.12. The first-order chi connectivity index (χ1) is 15.0. The summed E-state index contributed by atoms with van der Waals surface area (Å²) in [6, 6.07) is 15.5. The van der Waals surface area contributed by atoms with E-state index in [1.165, 1.54) is 0 Å². The van der Waals surface area contributed by atoms with Crippen LogP contribution in [0, 0.1) is 5.92 Å². The van der Waals surface area contributed by atoms with Crippen LogP contribution in [0.3, 0.4) is 0 Å². The fraction of sp³-hybridized carbons (Fsp3) is 0.375. The van der Waals surface area contributed by atoms with Crippen molar-refractivity contribution in [3.8, 4) is 11.1 Å². The molecule has 2 aromatic carbocycles. The minimum Gasteiger partial charge on any atom is -0.481 e. The number of nitrogens with zero attached hydrogens (tertiary/aromatic N) is 1. The number of hydrogen-bond donors (Lipinski definition) is 2. The largest absolute Gasteiger partial charge is 0.481 e. The molecule has 2 aromatic rings. The van der Waals surface area contributed by atoms with Gasteiger partial charge in [-0.15, -0.1) is 0 Å². The quantitative estimate of drug-likeness (QED) is 0.714. The van der Waals surface area contributed by atoms with Gasteiger partial charge in [-0.05, 0) is 28.7 Å². The molecule has 7 nitrogen and oxygen atoms in total.